The molecule has 0 heterocycles. The van der Waals surface area contributed by atoms with Gasteiger partial charge in [-0.25, -0.2) is 8.42 Å². The third-order valence-corrected chi connectivity index (χ3v) is 5.53. The molecular formula is C18H22Li2O12S2. The summed E-state index contributed by atoms with van der Waals surface area (Å²) in [6.45, 7) is -1.55. The van der Waals surface area contributed by atoms with E-state index in [1.165, 1.54) is 30.3 Å². The van der Waals surface area contributed by atoms with Crippen molar-refractivity contribution in [2.45, 2.75) is 22.0 Å². The molecule has 0 saturated heterocycles. The van der Waals surface area contributed by atoms with Crippen LogP contribution in [0.15, 0.2) is 52.3 Å². The van der Waals surface area contributed by atoms with Gasteiger partial charge in [-0.1, -0.05) is 12.1 Å². The Morgan fingerprint density at radius 1 is 0.853 bits per heavy atom. The van der Waals surface area contributed by atoms with Crippen molar-refractivity contribution in [1.82, 2.24) is 0 Å². The zero-order valence-electron chi connectivity index (χ0n) is 18.4. The molecule has 0 radical (unpaired) electrons. The molecule has 180 valence electrons. The van der Waals surface area contributed by atoms with Crippen LogP contribution in [0.1, 0.15) is 0 Å². The van der Waals surface area contributed by atoms with Crippen molar-refractivity contribution in [3.8, 4) is 11.5 Å². The normalized spacial score (nSPS) is 13.1. The molecule has 2 aromatic carbocycles. The molecule has 12 nitrogen and oxygen atoms in total. The Hall–Kier alpha value is -1.11. The molecule has 0 aromatic heterocycles. The molecule has 0 aliphatic carbocycles. The molecule has 5 N–H and O–H groups in total. The summed E-state index contributed by atoms with van der Waals surface area (Å²) in [5.41, 5.74) is 0. The van der Waals surface area contributed by atoms with Crippen LogP contribution in [0.3, 0.4) is 0 Å². The van der Waals surface area contributed by atoms with Gasteiger partial charge in [-0.05, 0) is 12.1 Å². The summed E-state index contributed by atoms with van der Waals surface area (Å²) in [7, 11) is -8.99. The van der Waals surface area contributed by atoms with Gasteiger partial charge in [-0.15, -0.1) is 0 Å². The quantitative estimate of drug-likeness (QED) is 0.151. The van der Waals surface area contributed by atoms with E-state index in [0.29, 0.717) is 4.24 Å². The SMILES string of the molecule is O=S(=O)([O-])c1ccccc1OCC(O)CO.[Li+].[Li][c]1ccc(OCC(O)CO)c(S(=O)(=O)O)c1. The summed E-state index contributed by atoms with van der Waals surface area (Å²) in [6, 6.07) is 9.54. The first-order valence-electron chi connectivity index (χ1n) is 9.26. The van der Waals surface area contributed by atoms with Crippen molar-refractivity contribution in [2.75, 3.05) is 26.4 Å². The number of para-hydroxylation sites is 1. The number of hydrogen-bond donors (Lipinski definition) is 5. The van der Waals surface area contributed by atoms with E-state index in [2.05, 4.69) is 0 Å². The van der Waals surface area contributed by atoms with Gasteiger partial charge in [-0.3, -0.25) is 0 Å². The van der Waals surface area contributed by atoms with Gasteiger partial charge in [-0.2, -0.15) is 0 Å². The summed E-state index contributed by atoms with van der Waals surface area (Å²) in [5.74, 6) is -0.199. The monoisotopic (exact) mass is 508 g/mol. The summed E-state index contributed by atoms with van der Waals surface area (Å²) in [4.78, 5) is -0.845. The minimum absolute atomic E-state index is 0. The molecule has 0 aliphatic rings. The van der Waals surface area contributed by atoms with E-state index in [-0.39, 0.29) is 48.5 Å². The van der Waals surface area contributed by atoms with E-state index in [9.17, 15) is 21.4 Å². The number of benzene rings is 2. The standard InChI is InChI=1S/C9H12O6S.C9H11O6S.2Li/c2*10-5-7(11)6-15-8-3-1-2-4-9(8)16(12,13)14;;/h1-4,7,10-11H,5-6H2,(H,12,13,14);1,3-4,7,10-11H,5-6H2,(H,12,13,14);;/q;;;+1/p-1. The first kappa shape index (κ1) is 32.9. The third kappa shape index (κ3) is 11.5. The van der Waals surface area contributed by atoms with Crippen LogP contribution in [-0.4, -0.2) is 103 Å². The molecule has 2 aromatic rings. The minimum atomic E-state index is -4.61. The number of aliphatic hydroxyl groups excluding tert-OH is 4. The van der Waals surface area contributed by atoms with Crippen LogP contribution in [0.5, 0.6) is 11.5 Å². The van der Waals surface area contributed by atoms with Crippen molar-refractivity contribution >= 4 is 42.2 Å². The second-order valence-electron chi connectivity index (χ2n) is 6.62. The predicted molar refractivity (Wildman–Crippen MR) is 113 cm³/mol. The van der Waals surface area contributed by atoms with Gasteiger partial charge in [0, 0.05) is 0 Å². The Bertz CT molecular complexity index is 1110. The summed E-state index contributed by atoms with van der Waals surface area (Å²) < 4.78 is 74.2. The van der Waals surface area contributed by atoms with E-state index < -0.39 is 50.6 Å². The number of aliphatic hydroxyl groups is 4. The average Bonchev–Trinajstić information content (AvgIpc) is 2.75. The summed E-state index contributed by atoms with van der Waals surface area (Å²) in [6.07, 6.45) is -2.23. The van der Waals surface area contributed by atoms with Gasteiger partial charge >= 0.3 is 127 Å². The van der Waals surface area contributed by atoms with Crippen molar-refractivity contribution in [1.29, 1.82) is 0 Å². The van der Waals surface area contributed by atoms with Gasteiger partial charge in [0.2, 0.25) is 0 Å². The van der Waals surface area contributed by atoms with Crippen LogP contribution in [0.25, 0.3) is 0 Å². The molecule has 0 aliphatic heterocycles. The Morgan fingerprint density at radius 3 is 1.76 bits per heavy atom. The average molecular weight is 508 g/mol. The first-order valence-corrected chi connectivity index (χ1v) is 12.1. The molecule has 0 fully saturated rings. The van der Waals surface area contributed by atoms with Crippen molar-refractivity contribution in [3.63, 3.8) is 0 Å². The summed E-state index contributed by atoms with van der Waals surface area (Å²) in [5, 5.41) is 35.2. The van der Waals surface area contributed by atoms with E-state index >= 15 is 0 Å². The molecule has 2 rings (SSSR count). The van der Waals surface area contributed by atoms with Gasteiger partial charge in [0.1, 0.15) is 28.6 Å². The van der Waals surface area contributed by atoms with Crippen LogP contribution in [0.4, 0.5) is 0 Å². The molecule has 34 heavy (non-hydrogen) atoms. The zero-order valence-corrected chi connectivity index (χ0v) is 20.1. The maximum absolute atomic E-state index is 11.1. The van der Waals surface area contributed by atoms with Crippen LogP contribution in [0.2, 0.25) is 0 Å². The molecular weight excluding hydrogens is 486 g/mol. The molecule has 2 unspecified atom stereocenters. The Labute approximate surface area is 218 Å². The van der Waals surface area contributed by atoms with Gasteiger partial charge < -0.3 is 19.5 Å². The Balaban J connectivity index is 0.000000623. The second-order valence-corrected chi connectivity index (χ2v) is 9.36. The maximum atomic E-state index is 11.1. The van der Waals surface area contributed by atoms with Crippen LogP contribution in [0, 0.1) is 0 Å². The number of ether oxygens (including phenoxy) is 2. The molecule has 0 spiro atoms. The molecule has 2 atom stereocenters. The fourth-order valence-corrected chi connectivity index (χ4v) is 3.52. The van der Waals surface area contributed by atoms with Crippen molar-refractivity contribution in [3.05, 3.63) is 42.5 Å². The topological polar surface area (TPSA) is 211 Å². The van der Waals surface area contributed by atoms with E-state index in [0.717, 1.165) is 6.07 Å². The Morgan fingerprint density at radius 2 is 1.32 bits per heavy atom. The van der Waals surface area contributed by atoms with Crippen LogP contribution in [-0.2, 0) is 20.2 Å². The van der Waals surface area contributed by atoms with Gasteiger partial charge in [0.25, 0.3) is 0 Å². The number of hydrogen-bond acceptors (Lipinski definition) is 11. The molecule has 0 amide bonds. The van der Waals surface area contributed by atoms with Crippen molar-refractivity contribution in [2.24, 2.45) is 0 Å². The van der Waals surface area contributed by atoms with E-state index in [1.54, 1.807) is 23.8 Å². The molecule has 16 heteroatoms. The van der Waals surface area contributed by atoms with E-state index in [1.807, 2.05) is 0 Å². The van der Waals surface area contributed by atoms with E-state index in [4.69, 9.17) is 34.5 Å². The summed E-state index contributed by atoms with van der Waals surface area (Å²) >= 11 is 1.67. The molecule has 0 saturated carbocycles. The van der Waals surface area contributed by atoms with Crippen molar-refractivity contribution < 1.29 is 74.7 Å². The fraction of sp³-hybridized carbons (Fsp3) is 0.333. The number of rotatable bonds is 10. The predicted octanol–water partition coefficient (Wildman–Crippen LogP) is -5.21. The van der Waals surface area contributed by atoms with Gasteiger partial charge in [0.05, 0.1) is 11.5 Å². The zero-order chi connectivity index (χ0) is 25.2. The Kier molecular flexibility index (Phi) is 14.6. The first-order chi connectivity index (χ1) is 15.3. The molecule has 0 bridgehead atoms. The fourth-order valence-electron chi connectivity index (χ4n) is 2.19. The second kappa shape index (κ2) is 15.1. The van der Waals surface area contributed by atoms with Crippen LogP contribution < -0.4 is 32.6 Å². The van der Waals surface area contributed by atoms with Crippen LogP contribution >= 0.6 is 0 Å². The third-order valence-electron chi connectivity index (χ3n) is 3.78. The van der Waals surface area contributed by atoms with Gasteiger partial charge in [0.15, 0.2) is 0 Å².